The minimum Gasteiger partial charge on any atom is -0.372 e. The van der Waals surface area contributed by atoms with Crippen molar-refractivity contribution in [3.63, 3.8) is 0 Å². The Bertz CT molecular complexity index is 500. The van der Waals surface area contributed by atoms with Crippen molar-refractivity contribution < 1.29 is 0 Å². The van der Waals surface area contributed by atoms with E-state index in [2.05, 4.69) is 34.8 Å². The average molecular weight is 246 g/mol. The summed E-state index contributed by atoms with van der Waals surface area (Å²) in [5.74, 6) is 0.843. The Kier molecular flexibility index (Phi) is 3.02. The summed E-state index contributed by atoms with van der Waals surface area (Å²) >= 11 is 1.59. The maximum atomic E-state index is 4.48. The van der Waals surface area contributed by atoms with Crippen LogP contribution in [-0.2, 0) is 0 Å². The molecule has 0 radical (unpaired) electrons. The van der Waals surface area contributed by atoms with Crippen LogP contribution in [0.15, 0.2) is 24.3 Å². The topological polar surface area (TPSA) is 24.9 Å². The van der Waals surface area contributed by atoms with Gasteiger partial charge in [0, 0.05) is 11.4 Å². The Morgan fingerprint density at radius 3 is 2.88 bits per heavy atom. The maximum Gasteiger partial charge on any atom is 0.117 e. The first-order valence-corrected chi connectivity index (χ1v) is 7.23. The molecule has 1 N–H and O–H groups in total. The molecule has 1 aromatic heterocycles. The Balaban J connectivity index is 1.80. The first-order valence-electron chi connectivity index (χ1n) is 6.45. The van der Waals surface area contributed by atoms with E-state index in [1.54, 1.807) is 11.5 Å². The summed E-state index contributed by atoms with van der Waals surface area (Å²) in [6.07, 6.45) is 5.57. The van der Waals surface area contributed by atoms with Crippen LogP contribution in [0.3, 0.4) is 0 Å². The van der Waals surface area contributed by atoms with Gasteiger partial charge in [-0.3, -0.25) is 0 Å². The van der Waals surface area contributed by atoms with E-state index < -0.39 is 0 Å². The summed E-state index contributed by atoms with van der Waals surface area (Å²) in [7, 11) is 0. The number of aromatic nitrogens is 1. The Morgan fingerprint density at radius 1 is 1.29 bits per heavy atom. The van der Waals surface area contributed by atoms with E-state index in [0.29, 0.717) is 6.04 Å². The number of benzene rings is 1. The van der Waals surface area contributed by atoms with Gasteiger partial charge in [-0.1, -0.05) is 25.0 Å². The zero-order chi connectivity index (χ0) is 11.7. The zero-order valence-corrected chi connectivity index (χ0v) is 11.0. The highest BCUT2D eigenvalue weighted by molar-refractivity contribution is 7.11. The molecule has 3 heteroatoms. The van der Waals surface area contributed by atoms with Crippen LogP contribution in [0.5, 0.6) is 0 Å². The molecule has 3 rings (SSSR count). The first kappa shape index (κ1) is 11.0. The normalized spacial score (nSPS) is 18.6. The van der Waals surface area contributed by atoms with E-state index in [9.17, 15) is 0 Å². The van der Waals surface area contributed by atoms with Crippen molar-refractivity contribution in [2.24, 2.45) is 5.92 Å². The van der Waals surface area contributed by atoms with Gasteiger partial charge >= 0.3 is 0 Å². The number of hydrogen-bond acceptors (Lipinski definition) is 3. The average Bonchev–Trinajstić information content (AvgIpc) is 2.98. The molecule has 1 aromatic carbocycles. The third-order valence-corrected chi connectivity index (χ3v) is 4.66. The Morgan fingerprint density at radius 2 is 2.06 bits per heavy atom. The van der Waals surface area contributed by atoms with Gasteiger partial charge in [0.25, 0.3) is 0 Å². The lowest BCUT2D eigenvalue weighted by Gasteiger charge is -2.20. The van der Waals surface area contributed by atoms with E-state index in [4.69, 9.17) is 0 Å². The molecular formula is C14H18N2S. The van der Waals surface area contributed by atoms with Gasteiger partial charge in [-0.15, -0.1) is 0 Å². The number of hydrogen-bond donors (Lipinski definition) is 1. The largest absolute Gasteiger partial charge is 0.372 e. The second kappa shape index (κ2) is 4.65. The molecule has 1 fully saturated rings. The van der Waals surface area contributed by atoms with E-state index in [-0.39, 0.29) is 0 Å². The van der Waals surface area contributed by atoms with E-state index >= 15 is 0 Å². The third-order valence-electron chi connectivity index (χ3n) is 3.85. The van der Waals surface area contributed by atoms with Crippen LogP contribution < -0.4 is 5.32 Å². The van der Waals surface area contributed by atoms with Gasteiger partial charge in [0.15, 0.2) is 0 Å². The fourth-order valence-corrected chi connectivity index (χ4v) is 3.63. The monoisotopic (exact) mass is 246 g/mol. The summed E-state index contributed by atoms with van der Waals surface area (Å²) in [5.41, 5.74) is 1.11. The zero-order valence-electron chi connectivity index (χ0n) is 10.1. The Hall–Kier alpha value is -1.09. The molecule has 0 bridgehead atoms. The highest BCUT2D eigenvalue weighted by Gasteiger charge is 2.22. The van der Waals surface area contributed by atoms with Crippen molar-refractivity contribution in [3.8, 4) is 0 Å². The van der Waals surface area contributed by atoms with Crippen molar-refractivity contribution in [2.45, 2.75) is 38.6 Å². The van der Waals surface area contributed by atoms with Gasteiger partial charge in [-0.05, 0) is 49.3 Å². The van der Waals surface area contributed by atoms with Crippen LogP contribution in [0, 0.1) is 5.92 Å². The van der Waals surface area contributed by atoms with Crippen LogP contribution >= 0.6 is 11.5 Å². The highest BCUT2D eigenvalue weighted by Crippen LogP contribution is 2.32. The van der Waals surface area contributed by atoms with Gasteiger partial charge < -0.3 is 5.32 Å². The van der Waals surface area contributed by atoms with Crippen molar-refractivity contribution >= 4 is 27.4 Å². The molecule has 17 heavy (non-hydrogen) atoms. The number of fused-ring (bicyclic) bond motifs is 1. The molecule has 1 unspecified atom stereocenters. The van der Waals surface area contributed by atoms with Crippen molar-refractivity contribution in [1.29, 1.82) is 0 Å². The summed E-state index contributed by atoms with van der Waals surface area (Å²) < 4.78 is 4.48. The SMILES string of the molecule is CC(Nc1snc2ccccc12)C1CCCC1. The summed E-state index contributed by atoms with van der Waals surface area (Å²) in [4.78, 5) is 0. The first-order chi connectivity index (χ1) is 8.34. The molecule has 1 aliphatic carbocycles. The molecule has 2 aromatic rings. The standard InChI is InChI=1S/C14H18N2S/c1-10(11-6-2-3-7-11)15-14-12-8-4-5-9-13(12)16-17-14/h4-5,8-11,15H,2-3,6-7H2,1H3. The smallest absolute Gasteiger partial charge is 0.117 e. The quantitative estimate of drug-likeness (QED) is 0.874. The third kappa shape index (κ3) is 2.16. The lowest BCUT2D eigenvalue weighted by atomic mass is 10.00. The predicted octanol–water partition coefficient (Wildman–Crippen LogP) is 4.29. The molecule has 0 amide bonds. The predicted molar refractivity (Wildman–Crippen MR) is 74.7 cm³/mol. The molecular weight excluding hydrogens is 228 g/mol. The van der Waals surface area contributed by atoms with E-state index in [0.717, 1.165) is 11.4 Å². The van der Waals surface area contributed by atoms with Gasteiger partial charge in [-0.2, -0.15) is 4.37 Å². The number of nitrogens with one attached hydrogen (secondary N) is 1. The van der Waals surface area contributed by atoms with Crippen molar-refractivity contribution in [1.82, 2.24) is 4.37 Å². The van der Waals surface area contributed by atoms with E-state index in [1.807, 2.05) is 6.07 Å². The molecule has 2 nitrogen and oxygen atoms in total. The van der Waals surface area contributed by atoms with Crippen LogP contribution in [0.25, 0.3) is 10.9 Å². The van der Waals surface area contributed by atoms with Gasteiger partial charge in [0.1, 0.15) is 5.00 Å². The maximum absolute atomic E-state index is 4.48. The molecule has 1 saturated carbocycles. The molecule has 1 aliphatic rings. The van der Waals surface area contributed by atoms with Crippen molar-refractivity contribution in [2.75, 3.05) is 5.32 Å². The summed E-state index contributed by atoms with van der Waals surface area (Å²) in [6, 6.07) is 8.94. The second-order valence-electron chi connectivity index (χ2n) is 5.01. The fourth-order valence-electron chi connectivity index (χ4n) is 2.78. The molecule has 0 saturated heterocycles. The minimum absolute atomic E-state index is 0.571. The summed E-state index contributed by atoms with van der Waals surface area (Å²) in [5, 5.41) is 6.16. The van der Waals surface area contributed by atoms with Gasteiger partial charge in [-0.25, -0.2) is 0 Å². The molecule has 1 heterocycles. The number of rotatable bonds is 3. The second-order valence-corrected chi connectivity index (χ2v) is 5.78. The molecule has 1 atom stereocenters. The minimum atomic E-state index is 0.571. The van der Waals surface area contributed by atoms with E-state index in [1.165, 1.54) is 36.1 Å². The Labute approximate surface area is 106 Å². The number of anilines is 1. The van der Waals surface area contributed by atoms with Crippen LogP contribution in [0.4, 0.5) is 5.00 Å². The van der Waals surface area contributed by atoms with Crippen molar-refractivity contribution in [3.05, 3.63) is 24.3 Å². The molecule has 0 aliphatic heterocycles. The summed E-state index contributed by atoms with van der Waals surface area (Å²) in [6.45, 7) is 2.31. The van der Waals surface area contributed by atoms with Crippen LogP contribution in [0.2, 0.25) is 0 Å². The highest BCUT2D eigenvalue weighted by atomic mass is 32.1. The molecule has 0 spiro atoms. The lowest BCUT2D eigenvalue weighted by molar-refractivity contribution is 0.483. The lowest BCUT2D eigenvalue weighted by Crippen LogP contribution is -2.23. The fraction of sp³-hybridized carbons (Fsp3) is 0.500. The van der Waals surface area contributed by atoms with Crippen LogP contribution in [0.1, 0.15) is 32.6 Å². The van der Waals surface area contributed by atoms with Gasteiger partial charge in [0.05, 0.1) is 5.52 Å². The van der Waals surface area contributed by atoms with Crippen LogP contribution in [-0.4, -0.2) is 10.4 Å². The number of nitrogens with zero attached hydrogens (tertiary/aromatic N) is 1. The molecule has 90 valence electrons. The van der Waals surface area contributed by atoms with Gasteiger partial charge in [0.2, 0.25) is 0 Å².